The van der Waals surface area contributed by atoms with Gasteiger partial charge in [0.2, 0.25) is 0 Å². The highest BCUT2D eigenvalue weighted by molar-refractivity contribution is 14.1. The monoisotopic (exact) mass is 335 g/mol. The predicted molar refractivity (Wildman–Crippen MR) is 64.8 cm³/mol. The Kier molecular flexibility index (Phi) is 4.36. The van der Waals surface area contributed by atoms with Crippen molar-refractivity contribution in [3.05, 3.63) is 31.9 Å². The third-order valence-corrected chi connectivity index (χ3v) is 3.13. The number of rotatable bonds is 2. The van der Waals surface area contributed by atoms with Gasteiger partial charge in [0.15, 0.2) is 0 Å². The van der Waals surface area contributed by atoms with Crippen LogP contribution in [0.1, 0.15) is 22.8 Å². The molecule has 0 radical (unpaired) electrons. The van der Waals surface area contributed by atoms with Crippen LogP contribution in [-0.4, -0.2) is 12.6 Å². The second-order valence-corrected chi connectivity index (χ2v) is 4.10. The fourth-order valence-corrected chi connectivity index (χ4v) is 2.23. The van der Waals surface area contributed by atoms with Gasteiger partial charge in [-0.2, -0.15) is 5.26 Å². The van der Waals surface area contributed by atoms with Gasteiger partial charge in [0.1, 0.15) is 6.07 Å². The third-order valence-electron chi connectivity index (χ3n) is 1.69. The van der Waals surface area contributed by atoms with Crippen molar-refractivity contribution < 1.29 is 9.53 Å². The van der Waals surface area contributed by atoms with Crippen LogP contribution in [0.25, 0.3) is 0 Å². The summed E-state index contributed by atoms with van der Waals surface area (Å²) in [6.07, 6.45) is 0. The van der Waals surface area contributed by atoms with E-state index >= 15 is 0 Å². The molecule has 0 saturated carbocycles. The summed E-state index contributed by atoms with van der Waals surface area (Å²) in [4.78, 5) is 11.5. The zero-order chi connectivity index (χ0) is 11.4. The Bertz CT molecular complexity index is 440. The van der Waals surface area contributed by atoms with Crippen LogP contribution in [0.4, 0.5) is 0 Å². The van der Waals surface area contributed by atoms with Crippen LogP contribution in [0.2, 0.25) is 5.02 Å². The van der Waals surface area contributed by atoms with Gasteiger partial charge in [-0.05, 0) is 41.6 Å². The van der Waals surface area contributed by atoms with Crippen LogP contribution in [0.3, 0.4) is 0 Å². The van der Waals surface area contributed by atoms with Crippen molar-refractivity contribution in [2.75, 3.05) is 6.61 Å². The number of ether oxygens (including phenoxy) is 1. The molecule has 0 aliphatic rings. The van der Waals surface area contributed by atoms with Crippen LogP contribution in [0.5, 0.6) is 0 Å². The first-order valence-electron chi connectivity index (χ1n) is 4.17. The van der Waals surface area contributed by atoms with Crippen LogP contribution >= 0.6 is 34.2 Å². The molecule has 0 N–H and O–H groups in total. The van der Waals surface area contributed by atoms with E-state index in [0.717, 1.165) is 0 Å². The summed E-state index contributed by atoms with van der Waals surface area (Å²) in [6, 6.07) is 5.08. The largest absolute Gasteiger partial charge is 0.462 e. The molecular formula is C10H7ClINO2. The minimum atomic E-state index is -0.496. The maximum atomic E-state index is 11.5. The van der Waals surface area contributed by atoms with Crippen LogP contribution in [-0.2, 0) is 4.74 Å². The second kappa shape index (κ2) is 5.33. The molecule has 1 aromatic carbocycles. The number of nitriles is 1. The molecule has 0 heterocycles. The molecule has 15 heavy (non-hydrogen) atoms. The Morgan fingerprint density at radius 3 is 2.87 bits per heavy atom. The number of nitrogens with zero attached hydrogens (tertiary/aromatic N) is 1. The number of halogens is 2. The van der Waals surface area contributed by atoms with Crippen molar-refractivity contribution in [3.63, 3.8) is 0 Å². The van der Waals surface area contributed by atoms with Gasteiger partial charge >= 0.3 is 5.97 Å². The van der Waals surface area contributed by atoms with Gasteiger partial charge in [-0.1, -0.05) is 11.6 Å². The Morgan fingerprint density at radius 1 is 1.67 bits per heavy atom. The average molecular weight is 336 g/mol. The average Bonchev–Trinajstić information content (AvgIpc) is 2.18. The summed E-state index contributed by atoms with van der Waals surface area (Å²) in [6.45, 7) is 1.99. The first-order valence-corrected chi connectivity index (χ1v) is 5.62. The zero-order valence-electron chi connectivity index (χ0n) is 7.88. The topological polar surface area (TPSA) is 50.1 Å². The van der Waals surface area contributed by atoms with E-state index < -0.39 is 5.97 Å². The molecule has 3 nitrogen and oxygen atoms in total. The van der Waals surface area contributed by atoms with E-state index in [0.29, 0.717) is 14.2 Å². The first kappa shape index (κ1) is 12.3. The van der Waals surface area contributed by atoms with E-state index in [9.17, 15) is 4.79 Å². The molecule has 78 valence electrons. The molecule has 0 bridgehead atoms. The summed E-state index contributed by atoms with van der Waals surface area (Å²) >= 11 is 7.79. The van der Waals surface area contributed by atoms with Crippen molar-refractivity contribution >= 4 is 40.2 Å². The lowest BCUT2D eigenvalue weighted by Gasteiger charge is -2.07. The number of hydrogen-bond donors (Lipinski definition) is 0. The lowest BCUT2D eigenvalue weighted by Crippen LogP contribution is -2.08. The van der Waals surface area contributed by atoms with Gasteiger partial charge in [0, 0.05) is 3.57 Å². The van der Waals surface area contributed by atoms with Gasteiger partial charge in [0.25, 0.3) is 0 Å². The molecule has 1 rings (SSSR count). The maximum Gasteiger partial charge on any atom is 0.340 e. The van der Waals surface area contributed by atoms with Crippen molar-refractivity contribution in [2.45, 2.75) is 6.92 Å². The molecule has 0 spiro atoms. The maximum absolute atomic E-state index is 11.5. The van der Waals surface area contributed by atoms with Crippen molar-refractivity contribution in [3.8, 4) is 6.07 Å². The Morgan fingerprint density at radius 2 is 2.33 bits per heavy atom. The van der Waals surface area contributed by atoms with Gasteiger partial charge in [-0.25, -0.2) is 4.79 Å². The van der Waals surface area contributed by atoms with Gasteiger partial charge in [-0.3, -0.25) is 0 Å². The number of benzene rings is 1. The summed E-state index contributed by atoms with van der Waals surface area (Å²) < 4.78 is 5.38. The van der Waals surface area contributed by atoms with Crippen LogP contribution < -0.4 is 0 Å². The normalized spacial score (nSPS) is 9.47. The summed E-state index contributed by atoms with van der Waals surface area (Å²) in [7, 11) is 0. The lowest BCUT2D eigenvalue weighted by molar-refractivity contribution is 0.0525. The summed E-state index contributed by atoms with van der Waals surface area (Å²) in [5.74, 6) is -0.496. The van der Waals surface area contributed by atoms with E-state index in [1.807, 2.05) is 28.7 Å². The highest BCUT2D eigenvalue weighted by Crippen LogP contribution is 2.25. The molecule has 0 atom stereocenters. The molecule has 5 heteroatoms. The highest BCUT2D eigenvalue weighted by Gasteiger charge is 2.18. The van der Waals surface area contributed by atoms with Gasteiger partial charge in [-0.15, -0.1) is 0 Å². The number of carbonyl (C=O) groups is 1. The van der Waals surface area contributed by atoms with Crippen molar-refractivity contribution in [1.29, 1.82) is 5.26 Å². The minimum Gasteiger partial charge on any atom is -0.462 e. The Balaban J connectivity index is 3.28. The van der Waals surface area contributed by atoms with Gasteiger partial charge < -0.3 is 4.74 Å². The van der Waals surface area contributed by atoms with E-state index in [1.54, 1.807) is 13.0 Å². The van der Waals surface area contributed by atoms with Crippen molar-refractivity contribution in [1.82, 2.24) is 0 Å². The predicted octanol–water partition coefficient (Wildman–Crippen LogP) is 2.99. The van der Waals surface area contributed by atoms with Crippen LogP contribution in [0.15, 0.2) is 12.1 Å². The summed E-state index contributed by atoms with van der Waals surface area (Å²) in [5.41, 5.74) is 0.682. The molecular weight excluding hydrogens is 328 g/mol. The Labute approximate surface area is 106 Å². The third kappa shape index (κ3) is 2.61. The molecule has 0 aromatic heterocycles. The number of esters is 1. The van der Waals surface area contributed by atoms with E-state index in [-0.39, 0.29) is 12.2 Å². The smallest absolute Gasteiger partial charge is 0.340 e. The molecule has 0 fully saturated rings. The number of carbonyl (C=O) groups excluding carboxylic acids is 1. The SMILES string of the molecule is CCOC(=O)c1c(Cl)ccc(C#N)c1I. The second-order valence-electron chi connectivity index (χ2n) is 2.62. The van der Waals surface area contributed by atoms with E-state index in [4.69, 9.17) is 21.6 Å². The highest BCUT2D eigenvalue weighted by atomic mass is 127. The van der Waals surface area contributed by atoms with E-state index in [1.165, 1.54) is 6.07 Å². The first-order chi connectivity index (χ1) is 7.11. The zero-order valence-corrected chi connectivity index (χ0v) is 10.8. The number of hydrogen-bond acceptors (Lipinski definition) is 3. The fourth-order valence-electron chi connectivity index (χ4n) is 1.03. The quantitative estimate of drug-likeness (QED) is 0.617. The Hall–Kier alpha value is -0.800. The molecule has 0 aliphatic heterocycles. The fraction of sp³-hybridized carbons (Fsp3) is 0.200. The van der Waals surface area contributed by atoms with Crippen LogP contribution in [0, 0.1) is 14.9 Å². The van der Waals surface area contributed by atoms with Gasteiger partial charge in [0.05, 0.1) is 22.8 Å². The van der Waals surface area contributed by atoms with E-state index in [2.05, 4.69) is 0 Å². The molecule has 0 aliphatic carbocycles. The molecule has 1 aromatic rings. The summed E-state index contributed by atoms with van der Waals surface area (Å²) in [5, 5.41) is 9.10. The van der Waals surface area contributed by atoms with Crippen molar-refractivity contribution in [2.24, 2.45) is 0 Å². The standard InChI is InChI=1S/C10H7ClINO2/c1-2-15-10(14)8-7(11)4-3-6(5-13)9(8)12/h3-4H,2H2,1H3. The molecule has 0 saturated heterocycles. The minimum absolute atomic E-state index is 0.262. The molecule has 0 unspecified atom stereocenters. The molecule has 0 amide bonds. The lowest BCUT2D eigenvalue weighted by atomic mass is 10.1.